The average Bonchev–Trinajstić information content (AvgIpc) is 1.96. The molecule has 4 nitrogen and oxygen atoms in total. The topological polar surface area (TPSA) is 55.4 Å². The Morgan fingerprint density at radius 2 is 2.00 bits per heavy atom. The van der Waals surface area contributed by atoms with Gasteiger partial charge in [-0.2, -0.15) is 5.48 Å². The first kappa shape index (κ1) is 6.07. The molecule has 1 saturated heterocycles. The largest absolute Gasteiger partial charge is 0.347 e. The number of amides is 1. The van der Waals surface area contributed by atoms with Crippen LogP contribution in [0.3, 0.4) is 0 Å². The fraction of sp³-hybridized carbons (Fsp3) is 0.600. The van der Waals surface area contributed by atoms with Crippen molar-refractivity contribution in [2.24, 2.45) is 5.41 Å². The Bertz CT molecular complexity index is 155. The predicted octanol–water partition coefficient (Wildman–Crippen LogP) is -0.399. The third kappa shape index (κ3) is 0.667. The van der Waals surface area contributed by atoms with Crippen molar-refractivity contribution in [3.05, 3.63) is 0 Å². The van der Waals surface area contributed by atoms with Gasteiger partial charge in [-0.05, 0) is 13.8 Å². The monoisotopic (exact) mass is 129 g/mol. The van der Waals surface area contributed by atoms with Crippen LogP contribution in [-0.2, 0) is 14.4 Å². The molecule has 0 spiro atoms. The molecule has 1 heterocycles. The van der Waals surface area contributed by atoms with E-state index >= 15 is 0 Å². The van der Waals surface area contributed by atoms with Crippen LogP contribution in [0.1, 0.15) is 13.8 Å². The van der Waals surface area contributed by atoms with E-state index in [1.165, 1.54) is 13.8 Å². The van der Waals surface area contributed by atoms with Crippen LogP contribution in [0.25, 0.3) is 0 Å². The lowest BCUT2D eigenvalue weighted by Gasteiger charge is -2.03. The highest BCUT2D eigenvalue weighted by Gasteiger charge is 2.44. The first-order chi connectivity index (χ1) is 4.05. The van der Waals surface area contributed by atoms with Crippen LogP contribution in [0.4, 0.5) is 0 Å². The Balaban J connectivity index is 2.91. The summed E-state index contributed by atoms with van der Waals surface area (Å²) >= 11 is 0. The normalized spacial score (nSPS) is 23.3. The molecule has 0 saturated carbocycles. The van der Waals surface area contributed by atoms with Crippen molar-refractivity contribution in [3.8, 4) is 0 Å². The van der Waals surface area contributed by atoms with Gasteiger partial charge in [0.25, 0.3) is 5.91 Å². The zero-order valence-corrected chi connectivity index (χ0v) is 5.22. The van der Waals surface area contributed by atoms with E-state index in [1.54, 1.807) is 0 Å². The van der Waals surface area contributed by atoms with Crippen LogP contribution >= 0.6 is 0 Å². The third-order valence-electron chi connectivity index (χ3n) is 1.31. The van der Waals surface area contributed by atoms with Gasteiger partial charge in [-0.15, -0.1) is 0 Å². The van der Waals surface area contributed by atoms with E-state index < -0.39 is 11.4 Å². The highest BCUT2D eigenvalue weighted by atomic mass is 16.7. The Labute approximate surface area is 52.1 Å². The quantitative estimate of drug-likeness (QED) is 0.453. The molecule has 1 aliphatic heterocycles. The fourth-order valence-corrected chi connectivity index (χ4v) is 0.441. The van der Waals surface area contributed by atoms with E-state index in [1.807, 2.05) is 5.48 Å². The Hall–Kier alpha value is -1.06. The Kier molecular flexibility index (Phi) is 0.986. The molecule has 9 heavy (non-hydrogen) atoms. The van der Waals surface area contributed by atoms with Gasteiger partial charge in [-0.25, -0.2) is 4.79 Å². The van der Waals surface area contributed by atoms with Gasteiger partial charge in [0.05, 0.1) is 0 Å². The van der Waals surface area contributed by atoms with Crippen molar-refractivity contribution in [3.63, 3.8) is 0 Å². The molecule has 0 atom stereocenters. The van der Waals surface area contributed by atoms with Gasteiger partial charge in [0, 0.05) is 0 Å². The average molecular weight is 129 g/mol. The van der Waals surface area contributed by atoms with E-state index in [2.05, 4.69) is 4.84 Å². The summed E-state index contributed by atoms with van der Waals surface area (Å²) in [6, 6.07) is 0. The number of hydrogen-bond donors (Lipinski definition) is 1. The molecule has 1 fully saturated rings. The molecular formula is C5H7NO3. The van der Waals surface area contributed by atoms with Crippen molar-refractivity contribution in [2.45, 2.75) is 13.8 Å². The maximum absolute atomic E-state index is 10.6. The first-order valence-electron chi connectivity index (χ1n) is 2.57. The van der Waals surface area contributed by atoms with Crippen molar-refractivity contribution in [1.29, 1.82) is 0 Å². The molecule has 0 aromatic carbocycles. The van der Waals surface area contributed by atoms with Crippen LogP contribution in [0, 0.1) is 5.41 Å². The predicted molar refractivity (Wildman–Crippen MR) is 28.0 cm³/mol. The summed E-state index contributed by atoms with van der Waals surface area (Å²) in [4.78, 5) is 25.5. The summed E-state index contributed by atoms with van der Waals surface area (Å²) in [6.45, 7) is 3.02. The second-order valence-corrected chi connectivity index (χ2v) is 2.45. The highest BCUT2D eigenvalue weighted by Crippen LogP contribution is 2.21. The summed E-state index contributed by atoms with van der Waals surface area (Å²) < 4.78 is 0. The number of nitrogens with one attached hydrogen (secondary N) is 1. The lowest BCUT2D eigenvalue weighted by atomic mass is 9.94. The van der Waals surface area contributed by atoms with Crippen LogP contribution in [-0.4, -0.2) is 11.9 Å². The third-order valence-corrected chi connectivity index (χ3v) is 1.31. The summed E-state index contributed by atoms with van der Waals surface area (Å²) in [7, 11) is 0. The van der Waals surface area contributed by atoms with Crippen LogP contribution in [0.2, 0.25) is 0 Å². The minimum atomic E-state index is -1.00. The fourth-order valence-electron chi connectivity index (χ4n) is 0.441. The number of carbonyl (C=O) groups excluding carboxylic acids is 2. The van der Waals surface area contributed by atoms with Gasteiger partial charge in [0.1, 0.15) is 5.41 Å². The van der Waals surface area contributed by atoms with E-state index in [0.29, 0.717) is 0 Å². The lowest BCUT2D eigenvalue weighted by molar-refractivity contribution is -0.148. The molecule has 0 aromatic heterocycles. The van der Waals surface area contributed by atoms with Crippen molar-refractivity contribution >= 4 is 11.9 Å². The van der Waals surface area contributed by atoms with E-state index in [9.17, 15) is 9.59 Å². The van der Waals surface area contributed by atoms with E-state index in [4.69, 9.17) is 0 Å². The van der Waals surface area contributed by atoms with Crippen molar-refractivity contribution in [1.82, 2.24) is 5.48 Å². The Morgan fingerprint density at radius 1 is 1.44 bits per heavy atom. The molecule has 4 heteroatoms. The molecule has 50 valence electrons. The van der Waals surface area contributed by atoms with Gasteiger partial charge in [0.2, 0.25) is 0 Å². The maximum atomic E-state index is 10.6. The molecular weight excluding hydrogens is 122 g/mol. The molecule has 0 aliphatic carbocycles. The summed E-state index contributed by atoms with van der Waals surface area (Å²) in [6.07, 6.45) is 0. The van der Waals surface area contributed by atoms with Gasteiger partial charge in [0.15, 0.2) is 0 Å². The summed E-state index contributed by atoms with van der Waals surface area (Å²) in [5.74, 6) is -0.903. The molecule has 1 rings (SSSR count). The van der Waals surface area contributed by atoms with Gasteiger partial charge in [-0.1, -0.05) is 0 Å². The second kappa shape index (κ2) is 1.46. The molecule has 1 N–H and O–H groups in total. The van der Waals surface area contributed by atoms with E-state index in [-0.39, 0.29) is 5.91 Å². The maximum Gasteiger partial charge on any atom is 0.347 e. The van der Waals surface area contributed by atoms with Crippen molar-refractivity contribution in [2.75, 3.05) is 0 Å². The molecule has 0 bridgehead atoms. The standard InChI is InChI=1S/C5H7NO3/c1-5(2)3(7)6-9-4(5)8/h1-2H3,(H,6,7). The number of carbonyl (C=O) groups is 2. The van der Waals surface area contributed by atoms with Crippen molar-refractivity contribution < 1.29 is 14.4 Å². The molecule has 0 radical (unpaired) electrons. The lowest BCUT2D eigenvalue weighted by Crippen LogP contribution is -2.28. The molecule has 1 aliphatic rings. The van der Waals surface area contributed by atoms with Gasteiger partial charge >= 0.3 is 5.97 Å². The smallest absolute Gasteiger partial charge is 0.340 e. The minimum Gasteiger partial charge on any atom is -0.340 e. The summed E-state index contributed by atoms with van der Waals surface area (Å²) in [5, 5.41) is 0. The number of hydroxylamine groups is 1. The van der Waals surface area contributed by atoms with Crippen LogP contribution in [0.15, 0.2) is 0 Å². The summed E-state index contributed by atoms with van der Waals surface area (Å²) in [5.41, 5.74) is 0.971. The molecule has 1 amide bonds. The van der Waals surface area contributed by atoms with Crippen LogP contribution < -0.4 is 5.48 Å². The minimum absolute atomic E-state index is 0.382. The second-order valence-electron chi connectivity index (χ2n) is 2.45. The van der Waals surface area contributed by atoms with Gasteiger partial charge < -0.3 is 4.84 Å². The van der Waals surface area contributed by atoms with Gasteiger partial charge in [-0.3, -0.25) is 4.79 Å². The van der Waals surface area contributed by atoms with E-state index in [0.717, 1.165) is 0 Å². The molecule has 0 aromatic rings. The SMILES string of the molecule is CC1(C)C(=O)NOC1=O. The zero-order chi connectivity index (χ0) is 7.07. The Morgan fingerprint density at radius 3 is 2.11 bits per heavy atom. The zero-order valence-electron chi connectivity index (χ0n) is 5.22. The highest BCUT2D eigenvalue weighted by molar-refractivity contribution is 6.05. The van der Waals surface area contributed by atoms with Crippen LogP contribution in [0.5, 0.6) is 0 Å². The molecule has 0 unspecified atom stereocenters. The number of hydrogen-bond acceptors (Lipinski definition) is 3. The number of rotatable bonds is 0. The first-order valence-corrected chi connectivity index (χ1v) is 2.57.